The number of hydrogen-bond donors (Lipinski definition) is 2. The predicted octanol–water partition coefficient (Wildman–Crippen LogP) is 0.773. The third-order valence-corrected chi connectivity index (χ3v) is 3.95. The van der Waals surface area contributed by atoms with Crippen LogP contribution in [-0.2, 0) is 4.74 Å². The van der Waals surface area contributed by atoms with Gasteiger partial charge in [-0.3, -0.25) is 0 Å². The summed E-state index contributed by atoms with van der Waals surface area (Å²) in [5, 5.41) is 10.2. The zero-order valence-corrected chi connectivity index (χ0v) is 13.4. The van der Waals surface area contributed by atoms with Crippen LogP contribution in [-0.4, -0.2) is 50.7 Å². The van der Waals surface area contributed by atoms with Crippen molar-refractivity contribution < 1.29 is 19.5 Å². The van der Waals surface area contributed by atoms with Gasteiger partial charge in [0, 0.05) is 0 Å². The van der Waals surface area contributed by atoms with Gasteiger partial charge in [0.2, 0.25) is 0 Å². The Labute approximate surface area is 127 Å². The summed E-state index contributed by atoms with van der Waals surface area (Å²) < 4.78 is 11.2. The smallest absolute Gasteiger partial charge is 0.137 e. The van der Waals surface area contributed by atoms with Gasteiger partial charge in [-0.2, -0.15) is 0 Å². The van der Waals surface area contributed by atoms with Crippen LogP contribution in [0.2, 0.25) is 0 Å². The number of hydrogen-bond acceptors (Lipinski definition) is 3. The summed E-state index contributed by atoms with van der Waals surface area (Å²) in [4.78, 5) is 1.39. The first kappa shape index (κ1) is 16.3. The second-order valence-corrected chi connectivity index (χ2v) is 6.23. The Hall–Kier alpha value is -1.10. The molecule has 21 heavy (non-hydrogen) atoms. The normalized spacial score (nSPS) is 18.0. The van der Waals surface area contributed by atoms with Gasteiger partial charge in [0.05, 0.1) is 13.2 Å². The molecule has 0 bridgehead atoms. The van der Waals surface area contributed by atoms with Crippen LogP contribution in [0.1, 0.15) is 30.9 Å². The van der Waals surface area contributed by atoms with Crippen molar-refractivity contribution in [2.45, 2.75) is 32.8 Å². The molecule has 0 saturated carbocycles. The molecule has 1 saturated heterocycles. The molecule has 1 aromatic rings. The highest BCUT2D eigenvalue weighted by Crippen LogP contribution is 2.27. The van der Waals surface area contributed by atoms with Crippen LogP contribution in [0.25, 0.3) is 0 Å². The molecule has 4 heteroatoms. The Bertz CT molecular complexity index is 442. The first-order chi connectivity index (χ1) is 10.1. The van der Waals surface area contributed by atoms with E-state index < -0.39 is 6.10 Å². The van der Waals surface area contributed by atoms with Crippen molar-refractivity contribution in [3.63, 3.8) is 0 Å². The van der Waals surface area contributed by atoms with Gasteiger partial charge >= 0.3 is 0 Å². The number of aliphatic hydroxyl groups excluding tert-OH is 1. The van der Waals surface area contributed by atoms with E-state index in [1.165, 1.54) is 16.0 Å². The Morgan fingerprint density at radius 3 is 2.67 bits per heavy atom. The summed E-state index contributed by atoms with van der Waals surface area (Å²) in [6, 6.07) is 6.29. The average Bonchev–Trinajstić information content (AvgIpc) is 2.46. The molecule has 2 N–H and O–H groups in total. The van der Waals surface area contributed by atoms with Crippen molar-refractivity contribution in [2.24, 2.45) is 0 Å². The molecule has 0 spiro atoms. The van der Waals surface area contributed by atoms with Crippen LogP contribution >= 0.6 is 0 Å². The second kappa shape index (κ2) is 7.78. The molecule has 1 heterocycles. The minimum Gasteiger partial charge on any atom is -0.490 e. The largest absolute Gasteiger partial charge is 0.490 e. The van der Waals surface area contributed by atoms with E-state index in [0.717, 1.165) is 38.6 Å². The average molecular weight is 294 g/mol. The number of ether oxygens (including phenoxy) is 2. The SMILES string of the molecule is Cc1ccc(C(C)C)c(OC[C@H](O)C[NH+]2CCOCC2)c1. The summed E-state index contributed by atoms with van der Waals surface area (Å²) in [7, 11) is 0. The lowest BCUT2D eigenvalue weighted by Gasteiger charge is -2.26. The Morgan fingerprint density at radius 1 is 1.29 bits per heavy atom. The maximum Gasteiger partial charge on any atom is 0.137 e. The van der Waals surface area contributed by atoms with Crippen LogP contribution < -0.4 is 9.64 Å². The van der Waals surface area contributed by atoms with E-state index in [2.05, 4.69) is 39.0 Å². The second-order valence-electron chi connectivity index (χ2n) is 6.23. The summed E-state index contributed by atoms with van der Waals surface area (Å²) in [5.74, 6) is 1.32. The number of quaternary nitrogens is 1. The highest BCUT2D eigenvalue weighted by Gasteiger charge is 2.19. The molecule has 1 fully saturated rings. The zero-order valence-electron chi connectivity index (χ0n) is 13.4. The maximum absolute atomic E-state index is 10.2. The van der Waals surface area contributed by atoms with Crippen LogP contribution in [0.3, 0.4) is 0 Å². The topological polar surface area (TPSA) is 43.1 Å². The molecule has 4 nitrogen and oxygen atoms in total. The number of benzene rings is 1. The van der Waals surface area contributed by atoms with Gasteiger partial charge in [-0.15, -0.1) is 0 Å². The van der Waals surface area contributed by atoms with E-state index in [4.69, 9.17) is 9.47 Å². The quantitative estimate of drug-likeness (QED) is 0.814. The van der Waals surface area contributed by atoms with E-state index in [-0.39, 0.29) is 0 Å². The van der Waals surface area contributed by atoms with Crippen molar-refractivity contribution in [1.82, 2.24) is 0 Å². The number of nitrogens with one attached hydrogen (secondary N) is 1. The molecule has 0 unspecified atom stereocenters. The minimum absolute atomic E-state index is 0.355. The van der Waals surface area contributed by atoms with Gasteiger partial charge in [0.25, 0.3) is 0 Å². The fourth-order valence-electron chi connectivity index (χ4n) is 2.69. The molecular formula is C17H28NO3+. The van der Waals surface area contributed by atoms with Gasteiger partial charge < -0.3 is 19.5 Å². The fourth-order valence-corrected chi connectivity index (χ4v) is 2.69. The molecule has 1 aliphatic heterocycles. The molecule has 0 aromatic heterocycles. The third-order valence-electron chi connectivity index (χ3n) is 3.95. The van der Waals surface area contributed by atoms with Crippen LogP contribution in [0.15, 0.2) is 18.2 Å². The summed E-state index contributed by atoms with van der Waals surface area (Å²) in [5.41, 5.74) is 2.38. The molecule has 0 radical (unpaired) electrons. The zero-order chi connectivity index (χ0) is 15.2. The first-order valence-corrected chi connectivity index (χ1v) is 7.89. The number of rotatable bonds is 6. The third kappa shape index (κ3) is 4.99. The molecule has 0 amide bonds. The molecule has 1 aliphatic rings. The first-order valence-electron chi connectivity index (χ1n) is 7.89. The number of aryl methyl sites for hydroxylation is 1. The van der Waals surface area contributed by atoms with E-state index in [9.17, 15) is 5.11 Å². The number of aliphatic hydroxyl groups is 1. The van der Waals surface area contributed by atoms with Crippen molar-refractivity contribution in [2.75, 3.05) is 39.5 Å². The van der Waals surface area contributed by atoms with Crippen LogP contribution in [0.4, 0.5) is 0 Å². The lowest BCUT2D eigenvalue weighted by Crippen LogP contribution is -3.15. The van der Waals surface area contributed by atoms with Gasteiger partial charge in [0.15, 0.2) is 0 Å². The van der Waals surface area contributed by atoms with Crippen molar-refractivity contribution in [3.8, 4) is 5.75 Å². The van der Waals surface area contributed by atoms with Crippen molar-refractivity contribution in [3.05, 3.63) is 29.3 Å². The van der Waals surface area contributed by atoms with Gasteiger partial charge in [0.1, 0.15) is 38.1 Å². The standard InChI is InChI=1S/C17H27NO3/c1-13(2)16-5-4-14(3)10-17(16)21-12-15(19)11-18-6-8-20-9-7-18/h4-5,10,13,15,19H,6-9,11-12H2,1-3H3/p+1/t15-/m1/s1. The fraction of sp³-hybridized carbons (Fsp3) is 0.647. The molecular weight excluding hydrogens is 266 g/mol. The van der Waals surface area contributed by atoms with Crippen molar-refractivity contribution in [1.29, 1.82) is 0 Å². The summed E-state index contributed by atoms with van der Waals surface area (Å²) in [6.07, 6.45) is -0.432. The van der Waals surface area contributed by atoms with Gasteiger partial charge in [-0.25, -0.2) is 0 Å². The highest BCUT2D eigenvalue weighted by atomic mass is 16.5. The molecule has 0 aliphatic carbocycles. The van der Waals surface area contributed by atoms with Gasteiger partial charge in [-0.1, -0.05) is 26.0 Å². The van der Waals surface area contributed by atoms with Crippen LogP contribution in [0.5, 0.6) is 5.75 Å². The van der Waals surface area contributed by atoms with Gasteiger partial charge in [-0.05, 0) is 30.0 Å². The summed E-state index contributed by atoms with van der Waals surface area (Å²) in [6.45, 7) is 11.0. The minimum atomic E-state index is -0.432. The molecule has 1 atom stereocenters. The maximum atomic E-state index is 10.2. The Kier molecular flexibility index (Phi) is 6.03. The van der Waals surface area contributed by atoms with Crippen molar-refractivity contribution >= 4 is 0 Å². The highest BCUT2D eigenvalue weighted by molar-refractivity contribution is 5.39. The monoisotopic (exact) mass is 294 g/mol. The summed E-state index contributed by atoms with van der Waals surface area (Å²) >= 11 is 0. The molecule has 1 aromatic carbocycles. The lowest BCUT2D eigenvalue weighted by molar-refractivity contribution is -0.911. The van der Waals surface area contributed by atoms with E-state index in [1.54, 1.807) is 0 Å². The van der Waals surface area contributed by atoms with E-state index in [1.807, 2.05) is 0 Å². The molecule has 2 rings (SSSR count). The van der Waals surface area contributed by atoms with E-state index >= 15 is 0 Å². The number of morpholine rings is 1. The predicted molar refractivity (Wildman–Crippen MR) is 83.2 cm³/mol. The Morgan fingerprint density at radius 2 is 2.00 bits per heavy atom. The van der Waals surface area contributed by atoms with Crippen LogP contribution in [0, 0.1) is 6.92 Å². The Balaban J connectivity index is 1.88. The molecule has 118 valence electrons. The lowest BCUT2D eigenvalue weighted by atomic mass is 10.0. The van der Waals surface area contributed by atoms with E-state index in [0.29, 0.717) is 12.5 Å².